The number of ether oxygens (including phenoxy) is 1. The van der Waals surface area contributed by atoms with Crippen LogP contribution in [0.2, 0.25) is 0 Å². The Balaban J connectivity index is 2.09. The number of rotatable bonds is 5. The topological polar surface area (TPSA) is 60.3 Å². The lowest BCUT2D eigenvalue weighted by Gasteiger charge is -2.13. The van der Waals surface area contributed by atoms with Crippen molar-refractivity contribution in [2.24, 2.45) is 0 Å². The number of hydrogen-bond donors (Lipinski definition) is 1. The fourth-order valence-corrected chi connectivity index (χ4v) is 2.04. The van der Waals surface area contributed by atoms with Crippen molar-refractivity contribution in [1.82, 2.24) is 9.88 Å². The number of nitrogens with zero attached hydrogens (tertiary/aromatic N) is 1. The molecule has 1 aromatic carbocycles. The zero-order chi connectivity index (χ0) is 15.2. The van der Waals surface area contributed by atoms with Crippen molar-refractivity contribution in [3.8, 4) is 0 Å². The first-order valence-electron chi connectivity index (χ1n) is 6.69. The molecule has 0 spiro atoms. The van der Waals surface area contributed by atoms with Crippen LogP contribution < -0.4 is 5.32 Å². The Morgan fingerprint density at radius 2 is 1.90 bits per heavy atom. The zero-order valence-electron chi connectivity index (χ0n) is 12.1. The lowest BCUT2D eigenvalue weighted by Crippen LogP contribution is -2.39. The van der Waals surface area contributed by atoms with E-state index in [1.165, 1.54) is 7.11 Å². The number of carbonyl (C=O) groups is 2. The first-order chi connectivity index (χ1) is 10.1. The Morgan fingerprint density at radius 3 is 2.57 bits per heavy atom. The molecule has 0 aliphatic carbocycles. The molecule has 5 nitrogen and oxygen atoms in total. The van der Waals surface area contributed by atoms with E-state index in [1.807, 2.05) is 41.1 Å². The number of aromatic nitrogens is 1. The molecule has 0 aliphatic heterocycles. The number of carbonyl (C=O) groups excluding carboxylic acids is 2. The van der Waals surface area contributed by atoms with Gasteiger partial charge in [-0.2, -0.15) is 0 Å². The summed E-state index contributed by atoms with van der Waals surface area (Å²) in [6.45, 7) is 2.19. The van der Waals surface area contributed by atoms with E-state index in [4.69, 9.17) is 0 Å². The first kappa shape index (κ1) is 14.8. The maximum Gasteiger partial charge on any atom is 0.328 e. The van der Waals surface area contributed by atoms with Crippen LogP contribution >= 0.6 is 0 Å². The molecule has 5 heteroatoms. The lowest BCUT2D eigenvalue weighted by molar-refractivity contribution is -0.142. The van der Waals surface area contributed by atoms with Crippen LogP contribution in [0.1, 0.15) is 23.0 Å². The number of hydrogen-bond acceptors (Lipinski definition) is 3. The Hall–Kier alpha value is -2.56. The van der Waals surface area contributed by atoms with Crippen LogP contribution in [0.15, 0.2) is 48.7 Å². The number of benzene rings is 1. The third-order valence-electron chi connectivity index (χ3n) is 3.16. The average Bonchev–Trinajstić information content (AvgIpc) is 2.95. The van der Waals surface area contributed by atoms with E-state index in [-0.39, 0.29) is 5.91 Å². The van der Waals surface area contributed by atoms with Crippen LogP contribution in [-0.4, -0.2) is 29.6 Å². The molecular formula is C16H18N2O3. The molecule has 0 radical (unpaired) electrons. The molecule has 0 aliphatic rings. The standard InChI is InChI=1S/C16H18N2O3/c1-12(16(20)21-2)17-15(19)14-9-6-10-18(14)11-13-7-4-3-5-8-13/h3-10,12H,11H2,1-2H3,(H,17,19)/t12-/m0/s1. The molecule has 0 bridgehead atoms. The van der Waals surface area contributed by atoms with Crippen molar-refractivity contribution in [2.75, 3.05) is 7.11 Å². The van der Waals surface area contributed by atoms with E-state index in [1.54, 1.807) is 19.1 Å². The van der Waals surface area contributed by atoms with Crippen LogP contribution in [0.25, 0.3) is 0 Å². The maximum absolute atomic E-state index is 12.2. The van der Waals surface area contributed by atoms with Crippen LogP contribution in [0, 0.1) is 0 Å². The molecule has 1 amide bonds. The summed E-state index contributed by atoms with van der Waals surface area (Å²) in [6, 6.07) is 12.7. The summed E-state index contributed by atoms with van der Waals surface area (Å²) in [6.07, 6.45) is 1.84. The molecule has 110 valence electrons. The van der Waals surface area contributed by atoms with Crippen molar-refractivity contribution in [3.05, 3.63) is 59.9 Å². The van der Waals surface area contributed by atoms with Gasteiger partial charge in [0.15, 0.2) is 0 Å². The second kappa shape index (κ2) is 6.74. The van der Waals surface area contributed by atoms with Crippen LogP contribution in [0.3, 0.4) is 0 Å². The van der Waals surface area contributed by atoms with Gasteiger partial charge in [0.05, 0.1) is 7.11 Å². The molecule has 2 rings (SSSR count). The highest BCUT2D eigenvalue weighted by molar-refractivity contribution is 5.95. The molecule has 1 heterocycles. The monoisotopic (exact) mass is 286 g/mol. The van der Waals surface area contributed by atoms with E-state index in [0.717, 1.165) is 5.56 Å². The minimum atomic E-state index is -0.678. The number of amides is 1. The van der Waals surface area contributed by atoms with Crippen molar-refractivity contribution < 1.29 is 14.3 Å². The highest BCUT2D eigenvalue weighted by atomic mass is 16.5. The van der Waals surface area contributed by atoms with Crippen LogP contribution in [0.5, 0.6) is 0 Å². The number of esters is 1. The highest BCUT2D eigenvalue weighted by Crippen LogP contribution is 2.08. The number of nitrogens with one attached hydrogen (secondary N) is 1. The summed E-state index contributed by atoms with van der Waals surface area (Å²) in [5.74, 6) is -0.765. The quantitative estimate of drug-likeness (QED) is 0.853. The normalized spacial score (nSPS) is 11.7. The zero-order valence-corrected chi connectivity index (χ0v) is 12.1. The molecular weight excluding hydrogens is 268 g/mol. The van der Waals surface area contributed by atoms with Gasteiger partial charge in [0.1, 0.15) is 11.7 Å². The summed E-state index contributed by atoms with van der Waals surface area (Å²) in [5.41, 5.74) is 1.61. The predicted molar refractivity (Wildman–Crippen MR) is 78.9 cm³/mol. The first-order valence-corrected chi connectivity index (χ1v) is 6.69. The second-order valence-electron chi connectivity index (χ2n) is 4.73. The van der Waals surface area contributed by atoms with Gasteiger partial charge in [-0.25, -0.2) is 4.79 Å². The molecule has 0 fully saturated rings. The average molecular weight is 286 g/mol. The molecule has 1 atom stereocenters. The van der Waals surface area contributed by atoms with Crippen molar-refractivity contribution >= 4 is 11.9 Å². The van der Waals surface area contributed by atoms with Gasteiger partial charge in [0.2, 0.25) is 0 Å². The van der Waals surface area contributed by atoms with E-state index >= 15 is 0 Å². The summed E-state index contributed by atoms with van der Waals surface area (Å²) in [7, 11) is 1.29. The van der Waals surface area contributed by atoms with Crippen molar-refractivity contribution in [3.63, 3.8) is 0 Å². The van der Waals surface area contributed by atoms with Gasteiger partial charge in [-0.1, -0.05) is 30.3 Å². The van der Waals surface area contributed by atoms with Gasteiger partial charge in [-0.05, 0) is 24.6 Å². The third kappa shape index (κ3) is 3.72. The van der Waals surface area contributed by atoms with Gasteiger partial charge in [-0.15, -0.1) is 0 Å². The SMILES string of the molecule is COC(=O)[C@H](C)NC(=O)c1cccn1Cc1ccccc1. The van der Waals surface area contributed by atoms with Crippen molar-refractivity contribution in [2.45, 2.75) is 19.5 Å². The van der Waals surface area contributed by atoms with Crippen LogP contribution in [0.4, 0.5) is 0 Å². The Labute approximate surface area is 123 Å². The van der Waals surface area contributed by atoms with Crippen LogP contribution in [-0.2, 0) is 16.1 Å². The van der Waals surface area contributed by atoms with E-state index < -0.39 is 12.0 Å². The number of methoxy groups -OCH3 is 1. The molecule has 0 saturated carbocycles. The van der Waals surface area contributed by atoms with E-state index in [0.29, 0.717) is 12.2 Å². The Kier molecular flexibility index (Phi) is 4.77. The fourth-order valence-electron chi connectivity index (χ4n) is 2.04. The van der Waals surface area contributed by atoms with Gasteiger partial charge in [-0.3, -0.25) is 4.79 Å². The smallest absolute Gasteiger partial charge is 0.328 e. The van der Waals surface area contributed by atoms with Gasteiger partial charge >= 0.3 is 5.97 Å². The van der Waals surface area contributed by atoms with Gasteiger partial charge < -0.3 is 14.6 Å². The Bertz CT molecular complexity index is 619. The molecule has 0 saturated heterocycles. The van der Waals surface area contributed by atoms with E-state index in [9.17, 15) is 9.59 Å². The lowest BCUT2D eigenvalue weighted by atomic mass is 10.2. The summed E-state index contributed by atoms with van der Waals surface area (Å²) in [5, 5.41) is 2.62. The molecule has 1 N–H and O–H groups in total. The van der Waals surface area contributed by atoms with E-state index in [2.05, 4.69) is 10.1 Å². The third-order valence-corrected chi connectivity index (χ3v) is 3.16. The molecule has 21 heavy (non-hydrogen) atoms. The van der Waals surface area contributed by atoms with Gasteiger partial charge in [0.25, 0.3) is 5.91 Å². The minimum absolute atomic E-state index is 0.297. The second-order valence-corrected chi connectivity index (χ2v) is 4.73. The maximum atomic E-state index is 12.2. The summed E-state index contributed by atoms with van der Waals surface area (Å²) < 4.78 is 6.44. The summed E-state index contributed by atoms with van der Waals surface area (Å²) >= 11 is 0. The predicted octanol–water partition coefficient (Wildman–Crippen LogP) is 1.83. The minimum Gasteiger partial charge on any atom is -0.467 e. The Morgan fingerprint density at radius 1 is 1.19 bits per heavy atom. The fraction of sp³-hybridized carbons (Fsp3) is 0.250. The molecule has 1 aromatic heterocycles. The highest BCUT2D eigenvalue weighted by Gasteiger charge is 2.18. The largest absolute Gasteiger partial charge is 0.467 e. The van der Waals surface area contributed by atoms with Gasteiger partial charge in [0, 0.05) is 12.7 Å². The molecule has 2 aromatic rings. The van der Waals surface area contributed by atoms with Crippen molar-refractivity contribution in [1.29, 1.82) is 0 Å². The summed E-state index contributed by atoms with van der Waals surface area (Å²) in [4.78, 5) is 23.6. The molecule has 0 unspecified atom stereocenters.